The van der Waals surface area contributed by atoms with Gasteiger partial charge in [-0.3, -0.25) is 4.90 Å². The van der Waals surface area contributed by atoms with E-state index in [1.54, 1.807) is 17.7 Å². The summed E-state index contributed by atoms with van der Waals surface area (Å²) in [5, 5.41) is 7.18. The third-order valence-electron chi connectivity index (χ3n) is 5.63. The summed E-state index contributed by atoms with van der Waals surface area (Å²) < 4.78 is 0. The Bertz CT molecular complexity index is 876. The van der Waals surface area contributed by atoms with Crippen molar-refractivity contribution in [3.63, 3.8) is 0 Å². The van der Waals surface area contributed by atoms with E-state index in [1.807, 2.05) is 0 Å². The van der Waals surface area contributed by atoms with Crippen molar-refractivity contribution in [2.75, 3.05) is 18.4 Å². The van der Waals surface area contributed by atoms with E-state index in [4.69, 9.17) is 0 Å². The van der Waals surface area contributed by atoms with E-state index in [1.165, 1.54) is 55.3 Å². The molecule has 0 aliphatic carbocycles. The molecule has 128 valence electrons. The van der Waals surface area contributed by atoms with Gasteiger partial charge < -0.3 is 5.32 Å². The molecule has 2 aliphatic heterocycles. The van der Waals surface area contributed by atoms with Gasteiger partial charge in [-0.25, -0.2) is 9.97 Å². The van der Waals surface area contributed by atoms with Crippen LogP contribution >= 0.6 is 11.3 Å². The van der Waals surface area contributed by atoms with Gasteiger partial charge in [-0.05, 0) is 31.4 Å². The van der Waals surface area contributed by atoms with Crippen LogP contribution in [-0.4, -0.2) is 40.0 Å². The number of rotatable bonds is 3. The van der Waals surface area contributed by atoms with Crippen molar-refractivity contribution in [1.82, 2.24) is 14.9 Å². The van der Waals surface area contributed by atoms with Crippen LogP contribution in [0, 0.1) is 0 Å². The Kier molecular flexibility index (Phi) is 3.91. The van der Waals surface area contributed by atoms with Crippen molar-refractivity contribution in [2.24, 2.45) is 0 Å². The second-order valence-corrected chi connectivity index (χ2v) is 7.91. The maximum absolute atomic E-state index is 4.63. The first-order valence-corrected chi connectivity index (χ1v) is 10.1. The highest BCUT2D eigenvalue weighted by Gasteiger charge is 2.35. The number of anilines is 1. The molecule has 3 aromatic rings. The summed E-state index contributed by atoms with van der Waals surface area (Å²) >= 11 is 1.70. The monoisotopic (exact) mass is 350 g/mol. The third-order valence-corrected chi connectivity index (χ3v) is 6.52. The van der Waals surface area contributed by atoms with E-state index in [-0.39, 0.29) is 0 Å². The molecule has 5 rings (SSSR count). The summed E-state index contributed by atoms with van der Waals surface area (Å²) in [7, 11) is 0. The minimum absolute atomic E-state index is 0.502. The molecule has 0 amide bonds. The minimum Gasteiger partial charge on any atom is -0.365 e. The lowest BCUT2D eigenvalue weighted by atomic mass is 9.99. The van der Waals surface area contributed by atoms with Crippen LogP contribution in [0.1, 0.15) is 25.7 Å². The van der Waals surface area contributed by atoms with Gasteiger partial charge in [-0.1, -0.05) is 36.8 Å². The van der Waals surface area contributed by atoms with Crippen LogP contribution in [0.15, 0.2) is 42.0 Å². The molecule has 25 heavy (non-hydrogen) atoms. The molecule has 1 aromatic carbocycles. The second-order valence-electron chi connectivity index (χ2n) is 7.06. The van der Waals surface area contributed by atoms with Crippen molar-refractivity contribution in [1.29, 1.82) is 0 Å². The number of hydrogen-bond donors (Lipinski definition) is 1. The van der Waals surface area contributed by atoms with Crippen molar-refractivity contribution in [2.45, 2.75) is 37.8 Å². The number of fused-ring (bicyclic) bond motifs is 2. The number of thiophene rings is 1. The van der Waals surface area contributed by atoms with Crippen LogP contribution in [0.3, 0.4) is 0 Å². The zero-order valence-electron chi connectivity index (χ0n) is 14.2. The molecule has 0 spiro atoms. The molecule has 1 N–H and O–H groups in total. The maximum atomic E-state index is 4.63. The van der Waals surface area contributed by atoms with E-state index in [2.05, 4.69) is 55.9 Å². The first-order valence-electron chi connectivity index (χ1n) is 9.18. The van der Waals surface area contributed by atoms with Gasteiger partial charge in [0, 0.05) is 29.6 Å². The molecule has 2 aromatic heterocycles. The van der Waals surface area contributed by atoms with Crippen LogP contribution in [0.4, 0.5) is 5.82 Å². The lowest BCUT2D eigenvalue weighted by molar-refractivity contribution is 0.192. The van der Waals surface area contributed by atoms with Crippen LogP contribution in [0.2, 0.25) is 0 Å². The van der Waals surface area contributed by atoms with Crippen LogP contribution in [0.25, 0.3) is 21.3 Å². The molecule has 0 bridgehead atoms. The Morgan fingerprint density at radius 3 is 2.88 bits per heavy atom. The molecule has 0 unspecified atom stereocenters. The number of aromatic nitrogens is 2. The topological polar surface area (TPSA) is 41.1 Å². The molecule has 4 heterocycles. The SMILES string of the molecule is c1ccc(-c2csc3ncnc(N[C@H]4CCN5CCCC[C@H]45)c23)cc1. The van der Waals surface area contributed by atoms with E-state index < -0.39 is 0 Å². The highest BCUT2D eigenvalue weighted by atomic mass is 32.1. The second kappa shape index (κ2) is 6.39. The summed E-state index contributed by atoms with van der Waals surface area (Å²) in [6, 6.07) is 11.7. The summed E-state index contributed by atoms with van der Waals surface area (Å²) in [4.78, 5) is 12.9. The fourth-order valence-electron chi connectivity index (χ4n) is 4.41. The molecular weight excluding hydrogens is 328 g/mol. The molecular formula is C20H22N4S. The summed E-state index contributed by atoms with van der Waals surface area (Å²) in [6.45, 7) is 2.47. The van der Waals surface area contributed by atoms with E-state index >= 15 is 0 Å². The predicted octanol–water partition coefficient (Wildman–Crippen LogP) is 4.40. The average Bonchev–Trinajstić information content (AvgIpc) is 3.28. The van der Waals surface area contributed by atoms with Gasteiger partial charge in [0.25, 0.3) is 0 Å². The van der Waals surface area contributed by atoms with Crippen molar-refractivity contribution in [3.05, 3.63) is 42.0 Å². The van der Waals surface area contributed by atoms with Crippen molar-refractivity contribution >= 4 is 27.4 Å². The van der Waals surface area contributed by atoms with Crippen molar-refractivity contribution < 1.29 is 0 Å². The normalized spacial score (nSPS) is 23.7. The minimum atomic E-state index is 0.502. The largest absolute Gasteiger partial charge is 0.365 e. The molecule has 0 saturated carbocycles. The van der Waals surface area contributed by atoms with Gasteiger partial charge in [-0.2, -0.15) is 0 Å². The summed E-state index contributed by atoms with van der Waals surface area (Å²) in [6.07, 6.45) is 6.92. The molecule has 0 radical (unpaired) electrons. The van der Waals surface area contributed by atoms with Gasteiger partial charge in [0.05, 0.1) is 5.39 Å². The van der Waals surface area contributed by atoms with Crippen LogP contribution in [0.5, 0.6) is 0 Å². The Hall–Kier alpha value is -1.98. The van der Waals surface area contributed by atoms with Crippen LogP contribution in [-0.2, 0) is 0 Å². The third kappa shape index (κ3) is 2.71. The smallest absolute Gasteiger partial charge is 0.139 e. The zero-order valence-corrected chi connectivity index (χ0v) is 15.0. The van der Waals surface area contributed by atoms with Gasteiger partial charge in [-0.15, -0.1) is 11.3 Å². The number of piperidine rings is 1. The summed E-state index contributed by atoms with van der Waals surface area (Å²) in [5.74, 6) is 1.00. The Morgan fingerprint density at radius 1 is 1.04 bits per heavy atom. The van der Waals surface area contributed by atoms with Gasteiger partial charge in [0.2, 0.25) is 0 Å². The van der Waals surface area contributed by atoms with Crippen molar-refractivity contribution in [3.8, 4) is 11.1 Å². The van der Waals surface area contributed by atoms with Gasteiger partial charge in [0.15, 0.2) is 0 Å². The number of hydrogen-bond acceptors (Lipinski definition) is 5. The average molecular weight is 350 g/mol. The Balaban J connectivity index is 1.52. The Labute approximate surface area is 151 Å². The summed E-state index contributed by atoms with van der Waals surface area (Å²) in [5.41, 5.74) is 2.47. The lowest BCUT2D eigenvalue weighted by Gasteiger charge is -2.32. The molecule has 4 nitrogen and oxygen atoms in total. The first kappa shape index (κ1) is 15.3. The molecule has 2 atom stereocenters. The number of nitrogens with zero attached hydrogens (tertiary/aromatic N) is 3. The molecule has 2 fully saturated rings. The predicted molar refractivity (Wildman–Crippen MR) is 104 cm³/mol. The van der Waals surface area contributed by atoms with Gasteiger partial charge in [0.1, 0.15) is 17.0 Å². The van der Waals surface area contributed by atoms with E-state index in [9.17, 15) is 0 Å². The fraction of sp³-hybridized carbons (Fsp3) is 0.400. The fourth-order valence-corrected chi connectivity index (χ4v) is 5.32. The highest BCUT2D eigenvalue weighted by molar-refractivity contribution is 7.17. The lowest BCUT2D eigenvalue weighted by Crippen LogP contribution is -2.41. The number of nitrogens with one attached hydrogen (secondary N) is 1. The zero-order chi connectivity index (χ0) is 16.6. The quantitative estimate of drug-likeness (QED) is 0.760. The molecule has 2 saturated heterocycles. The van der Waals surface area contributed by atoms with E-state index in [0.29, 0.717) is 12.1 Å². The van der Waals surface area contributed by atoms with E-state index in [0.717, 1.165) is 10.6 Å². The maximum Gasteiger partial charge on any atom is 0.139 e. The standard InChI is InChI=1S/C20H22N4S/c1-2-6-14(7-3-1)15-12-25-20-18(15)19(21-13-22-20)23-16-9-11-24-10-5-4-8-17(16)24/h1-3,6-7,12-13,16-17H,4-5,8-11H2,(H,21,22,23)/t16-,17+/m0/s1. The van der Waals surface area contributed by atoms with Crippen LogP contribution < -0.4 is 5.32 Å². The Morgan fingerprint density at radius 2 is 1.96 bits per heavy atom. The molecule has 5 heteroatoms. The number of benzene rings is 1. The van der Waals surface area contributed by atoms with Gasteiger partial charge >= 0.3 is 0 Å². The molecule has 2 aliphatic rings. The first-order chi connectivity index (χ1) is 12.4. The highest BCUT2D eigenvalue weighted by Crippen LogP contribution is 2.38.